The second-order valence-corrected chi connectivity index (χ2v) is 5.30. The minimum atomic E-state index is -0.838. The maximum absolute atomic E-state index is 14.0. The van der Waals surface area contributed by atoms with Crippen LogP contribution >= 0.6 is 0 Å². The predicted octanol–water partition coefficient (Wildman–Crippen LogP) is 4.21. The van der Waals surface area contributed by atoms with Crippen LogP contribution in [-0.4, -0.2) is 11.5 Å². The van der Waals surface area contributed by atoms with E-state index in [1.807, 2.05) is 0 Å². The molecule has 0 spiro atoms. The van der Waals surface area contributed by atoms with Gasteiger partial charge in [-0.1, -0.05) is 6.92 Å². The van der Waals surface area contributed by atoms with Crippen molar-refractivity contribution in [1.82, 2.24) is 4.98 Å². The summed E-state index contributed by atoms with van der Waals surface area (Å²) in [5.74, 6) is -1.67. The summed E-state index contributed by atoms with van der Waals surface area (Å²) in [6, 6.07) is 2.82. The van der Waals surface area contributed by atoms with Crippen LogP contribution in [0.15, 0.2) is 12.1 Å². The van der Waals surface area contributed by atoms with Crippen LogP contribution in [0.25, 0.3) is 10.9 Å². The van der Waals surface area contributed by atoms with E-state index in [-0.39, 0.29) is 5.52 Å². The highest BCUT2D eigenvalue weighted by molar-refractivity contribution is 5.94. The maximum Gasteiger partial charge on any atom is 0.185 e. The van der Waals surface area contributed by atoms with Gasteiger partial charge in [-0.3, -0.25) is 0 Å². The van der Waals surface area contributed by atoms with Gasteiger partial charge in [0, 0.05) is 23.3 Å². The van der Waals surface area contributed by atoms with Gasteiger partial charge < -0.3 is 5.32 Å². The van der Waals surface area contributed by atoms with E-state index >= 15 is 0 Å². The van der Waals surface area contributed by atoms with E-state index in [4.69, 9.17) is 0 Å². The highest BCUT2D eigenvalue weighted by atomic mass is 19.2. The molecule has 1 aliphatic carbocycles. The van der Waals surface area contributed by atoms with Crippen molar-refractivity contribution in [2.45, 2.75) is 39.0 Å². The average Bonchev–Trinajstić information content (AvgIpc) is 2.48. The molecule has 2 nitrogen and oxygen atoms in total. The number of hydrogen-bond acceptors (Lipinski definition) is 2. The van der Waals surface area contributed by atoms with E-state index in [0.717, 1.165) is 50.0 Å². The first-order chi connectivity index (χ1) is 9.72. The lowest BCUT2D eigenvalue weighted by atomic mass is 9.92. The number of anilines is 1. The Labute approximate surface area is 117 Å². The van der Waals surface area contributed by atoms with E-state index in [1.54, 1.807) is 6.07 Å². The number of aromatic nitrogens is 1. The van der Waals surface area contributed by atoms with Crippen LogP contribution in [0.4, 0.5) is 14.5 Å². The first kappa shape index (κ1) is 13.3. The fraction of sp³-hybridized carbons (Fsp3) is 0.438. The fourth-order valence-electron chi connectivity index (χ4n) is 2.88. The van der Waals surface area contributed by atoms with Gasteiger partial charge in [-0.05, 0) is 49.8 Å². The van der Waals surface area contributed by atoms with Gasteiger partial charge in [0.2, 0.25) is 0 Å². The number of rotatable bonds is 3. The normalized spacial score (nSPS) is 14.3. The van der Waals surface area contributed by atoms with E-state index in [1.165, 1.54) is 11.6 Å². The Morgan fingerprint density at radius 2 is 2.00 bits per heavy atom. The number of halogens is 2. The van der Waals surface area contributed by atoms with Crippen molar-refractivity contribution in [1.29, 1.82) is 0 Å². The van der Waals surface area contributed by atoms with Crippen LogP contribution in [0.3, 0.4) is 0 Å². The van der Waals surface area contributed by atoms with Crippen LogP contribution < -0.4 is 5.32 Å². The third kappa shape index (κ3) is 2.13. The van der Waals surface area contributed by atoms with E-state index in [9.17, 15) is 8.78 Å². The molecule has 20 heavy (non-hydrogen) atoms. The fourth-order valence-corrected chi connectivity index (χ4v) is 2.88. The monoisotopic (exact) mass is 276 g/mol. The van der Waals surface area contributed by atoms with Gasteiger partial charge in [0.05, 0.1) is 0 Å². The van der Waals surface area contributed by atoms with Crippen LogP contribution in [0.1, 0.15) is 37.4 Å². The molecule has 0 fully saturated rings. The van der Waals surface area contributed by atoms with Crippen molar-refractivity contribution in [2.24, 2.45) is 0 Å². The zero-order chi connectivity index (χ0) is 14.1. The molecule has 106 valence electrons. The highest BCUT2D eigenvalue weighted by Crippen LogP contribution is 2.34. The average molecular weight is 276 g/mol. The molecular weight excluding hydrogens is 258 g/mol. The Kier molecular flexibility index (Phi) is 3.55. The molecule has 1 aliphatic rings. The summed E-state index contributed by atoms with van der Waals surface area (Å²) >= 11 is 0. The quantitative estimate of drug-likeness (QED) is 0.908. The minimum Gasteiger partial charge on any atom is -0.384 e. The van der Waals surface area contributed by atoms with E-state index < -0.39 is 11.6 Å². The van der Waals surface area contributed by atoms with Crippen molar-refractivity contribution < 1.29 is 8.78 Å². The molecule has 0 radical (unpaired) electrons. The van der Waals surface area contributed by atoms with Crippen LogP contribution in [0, 0.1) is 11.6 Å². The zero-order valence-corrected chi connectivity index (χ0v) is 11.6. The molecule has 3 rings (SSSR count). The van der Waals surface area contributed by atoms with Crippen LogP contribution in [0.5, 0.6) is 0 Å². The molecule has 1 N–H and O–H groups in total. The summed E-state index contributed by atoms with van der Waals surface area (Å²) in [6.07, 6.45) is 4.99. The van der Waals surface area contributed by atoms with Gasteiger partial charge in [0.25, 0.3) is 0 Å². The molecule has 2 aromatic rings. The van der Waals surface area contributed by atoms with Crippen molar-refractivity contribution in [3.05, 3.63) is 35.0 Å². The van der Waals surface area contributed by atoms with Crippen LogP contribution in [0.2, 0.25) is 0 Å². The van der Waals surface area contributed by atoms with Crippen molar-refractivity contribution in [3.63, 3.8) is 0 Å². The lowest BCUT2D eigenvalue weighted by molar-refractivity contribution is 0.515. The number of fused-ring (bicyclic) bond motifs is 2. The highest BCUT2D eigenvalue weighted by Gasteiger charge is 2.20. The number of aryl methyl sites for hydroxylation is 1. The first-order valence-corrected chi connectivity index (χ1v) is 7.25. The molecular formula is C16H18F2N2. The lowest BCUT2D eigenvalue weighted by Gasteiger charge is -2.21. The number of benzene rings is 1. The predicted molar refractivity (Wildman–Crippen MR) is 77.1 cm³/mol. The van der Waals surface area contributed by atoms with Crippen LogP contribution in [-0.2, 0) is 12.8 Å². The number of hydrogen-bond donors (Lipinski definition) is 1. The van der Waals surface area contributed by atoms with E-state index in [0.29, 0.717) is 5.39 Å². The molecule has 1 aromatic carbocycles. The molecule has 0 amide bonds. The van der Waals surface area contributed by atoms with Crippen molar-refractivity contribution >= 4 is 16.6 Å². The molecule has 0 aliphatic heterocycles. The molecule has 0 saturated carbocycles. The molecule has 1 heterocycles. The van der Waals surface area contributed by atoms with Gasteiger partial charge >= 0.3 is 0 Å². The number of pyridine rings is 1. The van der Waals surface area contributed by atoms with Gasteiger partial charge in [0.15, 0.2) is 11.6 Å². The Balaban J connectivity index is 2.27. The first-order valence-electron chi connectivity index (χ1n) is 7.25. The Hall–Kier alpha value is -1.71. The standard InChI is InChI=1S/C16H18F2N2/c1-2-9-19-15-10-5-3-4-6-13(10)20-16-11(15)7-8-12(17)14(16)18/h7-8H,2-6,9H2,1H3,(H,19,20). The Morgan fingerprint density at radius 3 is 2.80 bits per heavy atom. The summed E-state index contributed by atoms with van der Waals surface area (Å²) in [4.78, 5) is 4.39. The Morgan fingerprint density at radius 1 is 1.20 bits per heavy atom. The summed E-state index contributed by atoms with van der Waals surface area (Å²) < 4.78 is 27.4. The van der Waals surface area contributed by atoms with Gasteiger partial charge in [-0.2, -0.15) is 0 Å². The Bertz CT molecular complexity index is 653. The van der Waals surface area contributed by atoms with Crippen molar-refractivity contribution in [3.8, 4) is 0 Å². The number of nitrogens with zero attached hydrogens (tertiary/aromatic N) is 1. The summed E-state index contributed by atoms with van der Waals surface area (Å²) in [5, 5.41) is 4.08. The molecule has 0 saturated heterocycles. The largest absolute Gasteiger partial charge is 0.384 e. The third-order valence-corrected chi connectivity index (χ3v) is 3.88. The van der Waals surface area contributed by atoms with Crippen molar-refractivity contribution in [2.75, 3.05) is 11.9 Å². The smallest absolute Gasteiger partial charge is 0.185 e. The van der Waals surface area contributed by atoms with E-state index in [2.05, 4.69) is 17.2 Å². The minimum absolute atomic E-state index is 0.157. The summed E-state index contributed by atoms with van der Waals surface area (Å²) in [7, 11) is 0. The topological polar surface area (TPSA) is 24.9 Å². The second-order valence-electron chi connectivity index (χ2n) is 5.30. The van der Waals surface area contributed by atoms with Gasteiger partial charge in [-0.15, -0.1) is 0 Å². The molecule has 1 aromatic heterocycles. The molecule has 0 bridgehead atoms. The summed E-state index contributed by atoms with van der Waals surface area (Å²) in [6.45, 7) is 2.91. The molecule has 4 heteroatoms. The zero-order valence-electron chi connectivity index (χ0n) is 11.6. The number of nitrogens with one attached hydrogen (secondary N) is 1. The SMILES string of the molecule is CCCNc1c2c(nc3c(F)c(F)ccc13)CCCC2. The molecule has 0 atom stereocenters. The van der Waals surface area contributed by atoms with Gasteiger partial charge in [-0.25, -0.2) is 13.8 Å². The lowest BCUT2D eigenvalue weighted by Crippen LogP contribution is -2.12. The molecule has 0 unspecified atom stereocenters. The third-order valence-electron chi connectivity index (χ3n) is 3.88. The second kappa shape index (κ2) is 5.35. The van der Waals surface area contributed by atoms with Gasteiger partial charge in [0.1, 0.15) is 5.52 Å². The maximum atomic E-state index is 14.0. The summed E-state index contributed by atoms with van der Waals surface area (Å²) in [5.41, 5.74) is 3.21.